The van der Waals surface area contributed by atoms with Crippen LogP contribution in [-0.4, -0.2) is 18.8 Å². The van der Waals surface area contributed by atoms with Gasteiger partial charge in [0.2, 0.25) is 0 Å². The summed E-state index contributed by atoms with van der Waals surface area (Å²) in [5.74, 6) is 0.816. The summed E-state index contributed by atoms with van der Waals surface area (Å²) in [6.07, 6.45) is 0. The van der Waals surface area contributed by atoms with E-state index in [0.717, 1.165) is 33.6 Å². The van der Waals surface area contributed by atoms with Crippen molar-refractivity contribution in [1.82, 2.24) is 0 Å². The third-order valence-electron chi connectivity index (χ3n) is 4.02. The Morgan fingerprint density at radius 3 is 1.71 bits per heavy atom. The molecule has 0 aliphatic heterocycles. The summed E-state index contributed by atoms with van der Waals surface area (Å²) in [7, 11) is 1.66. The van der Waals surface area contributed by atoms with Crippen molar-refractivity contribution in [2.24, 2.45) is 0 Å². The first-order valence-electron chi connectivity index (χ1n) is 7.92. The molecule has 3 aromatic rings. The minimum atomic E-state index is -0.0275. The summed E-state index contributed by atoms with van der Waals surface area (Å²) in [4.78, 5) is 0. The topological polar surface area (TPSA) is 29.5 Å². The van der Waals surface area contributed by atoms with E-state index in [2.05, 4.69) is 12.1 Å². The molecule has 0 amide bonds. The monoisotopic (exact) mass is 316 g/mol. The first-order valence-corrected chi connectivity index (χ1v) is 7.92. The third-order valence-corrected chi connectivity index (χ3v) is 4.02. The van der Waals surface area contributed by atoms with Crippen molar-refractivity contribution in [3.05, 3.63) is 102 Å². The van der Waals surface area contributed by atoms with Gasteiger partial charge in [0.1, 0.15) is 5.75 Å². The summed E-state index contributed by atoms with van der Waals surface area (Å²) in [6, 6.07) is 28.1. The fraction of sp³-hybridized carbons (Fsp3) is 0.0909. The predicted octanol–water partition coefficient (Wildman–Crippen LogP) is 4.65. The molecule has 2 heteroatoms. The molecule has 0 spiro atoms. The van der Waals surface area contributed by atoms with E-state index < -0.39 is 0 Å². The Morgan fingerprint density at radius 1 is 0.708 bits per heavy atom. The molecule has 0 saturated carbocycles. The van der Waals surface area contributed by atoms with Crippen LogP contribution in [-0.2, 0) is 0 Å². The van der Waals surface area contributed by atoms with Crippen LogP contribution in [0, 0.1) is 0 Å². The second-order valence-corrected chi connectivity index (χ2v) is 5.47. The molecule has 0 heterocycles. The minimum absolute atomic E-state index is 0.0275. The van der Waals surface area contributed by atoms with Gasteiger partial charge >= 0.3 is 0 Å². The zero-order valence-corrected chi connectivity index (χ0v) is 13.6. The van der Waals surface area contributed by atoms with Gasteiger partial charge in [-0.3, -0.25) is 0 Å². The van der Waals surface area contributed by atoms with Gasteiger partial charge in [-0.2, -0.15) is 0 Å². The average molecular weight is 316 g/mol. The van der Waals surface area contributed by atoms with Crippen LogP contribution in [0.25, 0.3) is 11.1 Å². The van der Waals surface area contributed by atoms with Crippen LogP contribution in [0.5, 0.6) is 5.75 Å². The Labute approximate surface area is 142 Å². The lowest BCUT2D eigenvalue weighted by Gasteiger charge is -2.16. The van der Waals surface area contributed by atoms with E-state index in [1.54, 1.807) is 7.11 Å². The van der Waals surface area contributed by atoms with E-state index >= 15 is 0 Å². The summed E-state index contributed by atoms with van der Waals surface area (Å²) < 4.78 is 5.26. The number of rotatable bonds is 5. The second-order valence-electron chi connectivity index (χ2n) is 5.47. The Balaban J connectivity index is 2.23. The highest BCUT2D eigenvalue weighted by molar-refractivity contribution is 5.98. The van der Waals surface area contributed by atoms with E-state index in [0.29, 0.717) is 0 Å². The molecule has 0 atom stereocenters. The van der Waals surface area contributed by atoms with Gasteiger partial charge in [-0.05, 0) is 40.0 Å². The first kappa shape index (κ1) is 16.0. The van der Waals surface area contributed by atoms with E-state index in [1.165, 1.54) is 0 Å². The van der Waals surface area contributed by atoms with Crippen molar-refractivity contribution in [2.75, 3.05) is 13.7 Å². The molecular weight excluding hydrogens is 296 g/mol. The molecule has 0 unspecified atom stereocenters. The molecule has 0 fully saturated rings. The van der Waals surface area contributed by atoms with Gasteiger partial charge in [-0.25, -0.2) is 0 Å². The number of benzene rings is 3. The van der Waals surface area contributed by atoms with Gasteiger partial charge in [0.05, 0.1) is 13.7 Å². The van der Waals surface area contributed by atoms with Crippen molar-refractivity contribution >= 4 is 11.1 Å². The summed E-state index contributed by atoms with van der Waals surface area (Å²) >= 11 is 0. The van der Waals surface area contributed by atoms with Crippen molar-refractivity contribution < 1.29 is 9.84 Å². The smallest absolute Gasteiger partial charge is 0.118 e. The number of hydrogen-bond donors (Lipinski definition) is 1. The number of ether oxygens (including phenoxy) is 1. The third kappa shape index (κ3) is 3.39. The molecule has 0 bridgehead atoms. The van der Waals surface area contributed by atoms with Crippen molar-refractivity contribution in [2.45, 2.75) is 0 Å². The van der Waals surface area contributed by atoms with Crippen molar-refractivity contribution in [3.8, 4) is 5.75 Å². The van der Waals surface area contributed by atoms with Gasteiger partial charge < -0.3 is 9.84 Å². The molecule has 0 saturated heterocycles. The van der Waals surface area contributed by atoms with Gasteiger partial charge in [0.25, 0.3) is 0 Å². The quantitative estimate of drug-likeness (QED) is 0.695. The molecule has 120 valence electrons. The van der Waals surface area contributed by atoms with Crippen LogP contribution in [0.15, 0.2) is 84.9 Å². The Bertz CT molecular complexity index is 804. The largest absolute Gasteiger partial charge is 0.497 e. The first-order chi connectivity index (χ1) is 11.8. The normalized spacial score (nSPS) is 11.8. The maximum absolute atomic E-state index is 10.1. The maximum atomic E-state index is 10.1. The summed E-state index contributed by atoms with van der Waals surface area (Å²) in [5.41, 5.74) is 5.10. The summed E-state index contributed by atoms with van der Waals surface area (Å²) in [6.45, 7) is -0.0275. The van der Waals surface area contributed by atoms with Crippen LogP contribution >= 0.6 is 0 Å². The Hall–Kier alpha value is -2.84. The van der Waals surface area contributed by atoms with Crippen LogP contribution < -0.4 is 4.74 Å². The minimum Gasteiger partial charge on any atom is -0.497 e. The van der Waals surface area contributed by atoms with Crippen LogP contribution in [0.2, 0.25) is 0 Å². The second kappa shape index (κ2) is 7.62. The van der Waals surface area contributed by atoms with Crippen molar-refractivity contribution in [1.29, 1.82) is 0 Å². The molecule has 0 aliphatic rings. The zero-order chi connectivity index (χ0) is 16.8. The number of aliphatic hydroxyl groups excluding tert-OH is 1. The fourth-order valence-electron chi connectivity index (χ4n) is 2.83. The lowest BCUT2D eigenvalue weighted by molar-refractivity contribution is 0.350. The van der Waals surface area contributed by atoms with Gasteiger partial charge in [0, 0.05) is 0 Å². The van der Waals surface area contributed by atoms with Crippen molar-refractivity contribution in [3.63, 3.8) is 0 Å². The van der Waals surface area contributed by atoms with Gasteiger partial charge in [0.15, 0.2) is 0 Å². The molecule has 24 heavy (non-hydrogen) atoms. The number of hydrogen-bond acceptors (Lipinski definition) is 2. The number of aliphatic hydroxyl groups is 1. The Morgan fingerprint density at radius 2 is 1.21 bits per heavy atom. The maximum Gasteiger partial charge on any atom is 0.118 e. The molecule has 1 N–H and O–H groups in total. The predicted molar refractivity (Wildman–Crippen MR) is 98.9 cm³/mol. The van der Waals surface area contributed by atoms with E-state index in [1.807, 2.05) is 72.8 Å². The molecular formula is C22H20O2. The lowest BCUT2D eigenvalue weighted by Crippen LogP contribution is -1.99. The molecule has 0 aliphatic carbocycles. The van der Waals surface area contributed by atoms with E-state index in [4.69, 9.17) is 4.74 Å². The molecule has 3 rings (SSSR count). The molecule has 0 radical (unpaired) electrons. The summed E-state index contributed by atoms with van der Waals surface area (Å²) in [5, 5.41) is 10.1. The molecule has 0 aromatic heterocycles. The average Bonchev–Trinajstić information content (AvgIpc) is 2.67. The van der Waals surface area contributed by atoms with Crippen LogP contribution in [0.1, 0.15) is 16.7 Å². The van der Waals surface area contributed by atoms with Gasteiger partial charge in [-0.1, -0.05) is 72.8 Å². The van der Waals surface area contributed by atoms with Crippen LogP contribution in [0.3, 0.4) is 0 Å². The van der Waals surface area contributed by atoms with Gasteiger partial charge in [-0.15, -0.1) is 0 Å². The standard InChI is InChI=1S/C22H20O2/c1-24-20-14-12-19(13-15-20)22(18-10-6-3-7-11-18)21(16-23)17-8-4-2-5-9-17/h2-15,23H,16H2,1H3/b22-21-. The highest BCUT2D eigenvalue weighted by atomic mass is 16.5. The van der Waals surface area contributed by atoms with Crippen LogP contribution in [0.4, 0.5) is 0 Å². The SMILES string of the molecule is COc1ccc(/C(=C(/CO)c2ccccc2)c2ccccc2)cc1. The number of methoxy groups -OCH3 is 1. The zero-order valence-electron chi connectivity index (χ0n) is 13.6. The highest BCUT2D eigenvalue weighted by Crippen LogP contribution is 2.32. The lowest BCUT2D eigenvalue weighted by atomic mass is 9.90. The molecule has 2 nitrogen and oxygen atoms in total. The highest BCUT2D eigenvalue weighted by Gasteiger charge is 2.13. The molecule has 3 aromatic carbocycles. The van der Waals surface area contributed by atoms with E-state index in [-0.39, 0.29) is 6.61 Å². The fourth-order valence-corrected chi connectivity index (χ4v) is 2.83. The van der Waals surface area contributed by atoms with E-state index in [9.17, 15) is 5.11 Å². The Kier molecular flexibility index (Phi) is 5.09.